The number of nitrogens with one attached hydrogen (secondary N) is 1. The van der Waals surface area contributed by atoms with Gasteiger partial charge in [-0.15, -0.1) is 0 Å². The Labute approximate surface area is 165 Å². The predicted molar refractivity (Wildman–Crippen MR) is 105 cm³/mol. The topological polar surface area (TPSA) is 71.8 Å². The number of para-hydroxylation sites is 2. The SMILES string of the molecule is COc1cccc2cc(C(=O)N(C)CC(=O)Nc3c(Cl)cccc3Cl)oc12. The lowest BCUT2D eigenvalue weighted by Crippen LogP contribution is -2.34. The molecule has 0 aliphatic heterocycles. The molecule has 8 heteroatoms. The first-order chi connectivity index (χ1) is 12.9. The van der Waals surface area contributed by atoms with Crippen LogP contribution in [-0.4, -0.2) is 37.4 Å². The molecule has 2 amide bonds. The number of rotatable bonds is 5. The van der Waals surface area contributed by atoms with Crippen LogP contribution in [0.5, 0.6) is 5.75 Å². The molecule has 0 aliphatic rings. The number of nitrogens with zero attached hydrogens (tertiary/aromatic N) is 1. The van der Waals surface area contributed by atoms with E-state index in [1.54, 1.807) is 36.4 Å². The van der Waals surface area contributed by atoms with E-state index in [0.717, 1.165) is 5.39 Å². The highest BCUT2D eigenvalue weighted by atomic mass is 35.5. The number of carbonyl (C=O) groups excluding carboxylic acids is 2. The molecule has 0 aliphatic carbocycles. The van der Waals surface area contributed by atoms with Gasteiger partial charge in [-0.1, -0.05) is 41.4 Å². The Hall–Kier alpha value is -2.70. The molecule has 27 heavy (non-hydrogen) atoms. The van der Waals surface area contributed by atoms with Crippen LogP contribution >= 0.6 is 23.2 Å². The minimum Gasteiger partial charge on any atom is -0.493 e. The Kier molecular flexibility index (Phi) is 5.58. The summed E-state index contributed by atoms with van der Waals surface area (Å²) < 4.78 is 10.8. The highest BCUT2D eigenvalue weighted by Gasteiger charge is 2.21. The highest BCUT2D eigenvalue weighted by Crippen LogP contribution is 2.30. The van der Waals surface area contributed by atoms with Crippen molar-refractivity contribution in [3.8, 4) is 5.75 Å². The summed E-state index contributed by atoms with van der Waals surface area (Å²) in [6.45, 7) is -0.200. The average Bonchev–Trinajstić information content (AvgIpc) is 3.08. The maximum Gasteiger partial charge on any atom is 0.289 e. The number of anilines is 1. The van der Waals surface area contributed by atoms with Crippen molar-refractivity contribution in [1.29, 1.82) is 0 Å². The van der Waals surface area contributed by atoms with Gasteiger partial charge >= 0.3 is 0 Å². The fraction of sp³-hybridized carbons (Fsp3) is 0.158. The summed E-state index contributed by atoms with van der Waals surface area (Å²) in [5.74, 6) is -0.232. The number of likely N-dealkylation sites (N-methyl/N-ethyl adjacent to an activating group) is 1. The molecule has 0 spiro atoms. The number of hydrogen-bond donors (Lipinski definition) is 1. The zero-order chi connectivity index (χ0) is 19.6. The Balaban J connectivity index is 1.73. The van der Waals surface area contributed by atoms with Gasteiger partial charge in [-0.2, -0.15) is 0 Å². The zero-order valence-corrected chi connectivity index (χ0v) is 16.1. The molecule has 6 nitrogen and oxygen atoms in total. The molecule has 0 saturated heterocycles. The van der Waals surface area contributed by atoms with Gasteiger partial charge < -0.3 is 19.4 Å². The number of halogens is 2. The smallest absolute Gasteiger partial charge is 0.289 e. The second-order valence-electron chi connectivity index (χ2n) is 5.80. The standard InChI is InChI=1S/C19H16Cl2N2O4/c1-23(10-16(24)22-17-12(20)6-4-7-13(17)21)19(25)15-9-11-5-3-8-14(26-2)18(11)27-15/h3-9H,10H2,1-2H3,(H,22,24). The number of carbonyl (C=O) groups is 2. The van der Waals surface area contributed by atoms with E-state index in [2.05, 4.69) is 5.32 Å². The summed E-state index contributed by atoms with van der Waals surface area (Å²) in [6, 6.07) is 11.9. The molecular formula is C19H16Cl2N2O4. The van der Waals surface area contributed by atoms with Crippen molar-refractivity contribution in [2.45, 2.75) is 0 Å². The quantitative estimate of drug-likeness (QED) is 0.678. The second kappa shape index (κ2) is 7.90. The average molecular weight is 407 g/mol. The highest BCUT2D eigenvalue weighted by molar-refractivity contribution is 6.39. The molecule has 0 bridgehead atoms. The van der Waals surface area contributed by atoms with Gasteiger partial charge in [-0.05, 0) is 24.3 Å². The maximum absolute atomic E-state index is 12.6. The second-order valence-corrected chi connectivity index (χ2v) is 6.61. The van der Waals surface area contributed by atoms with Crippen molar-refractivity contribution in [3.05, 3.63) is 58.3 Å². The lowest BCUT2D eigenvalue weighted by Gasteiger charge is -2.16. The Morgan fingerprint density at radius 1 is 1.15 bits per heavy atom. The van der Waals surface area contributed by atoms with E-state index in [-0.39, 0.29) is 12.3 Å². The number of methoxy groups -OCH3 is 1. The summed E-state index contributed by atoms with van der Waals surface area (Å²) in [6.07, 6.45) is 0. The van der Waals surface area contributed by atoms with Crippen molar-refractivity contribution >= 4 is 51.7 Å². The first kappa shape index (κ1) is 19.1. The van der Waals surface area contributed by atoms with Gasteiger partial charge in [0.2, 0.25) is 5.91 Å². The summed E-state index contributed by atoms with van der Waals surface area (Å²) in [7, 11) is 3.02. The van der Waals surface area contributed by atoms with Gasteiger partial charge in [0.1, 0.15) is 0 Å². The fourth-order valence-corrected chi connectivity index (χ4v) is 3.07. The summed E-state index contributed by atoms with van der Waals surface area (Å²) in [5, 5.41) is 3.98. The van der Waals surface area contributed by atoms with E-state index in [9.17, 15) is 9.59 Å². The first-order valence-corrected chi connectivity index (χ1v) is 8.72. The predicted octanol–water partition coefficient (Wildman–Crippen LogP) is 4.46. The van der Waals surface area contributed by atoms with Crippen LogP contribution in [0.1, 0.15) is 10.6 Å². The van der Waals surface area contributed by atoms with E-state index in [4.69, 9.17) is 32.4 Å². The number of fused-ring (bicyclic) bond motifs is 1. The van der Waals surface area contributed by atoms with Gasteiger partial charge in [0, 0.05) is 12.4 Å². The monoisotopic (exact) mass is 406 g/mol. The van der Waals surface area contributed by atoms with Crippen LogP contribution in [0.2, 0.25) is 10.0 Å². The Bertz CT molecular complexity index is 996. The van der Waals surface area contributed by atoms with Crippen LogP contribution in [-0.2, 0) is 4.79 Å². The number of amides is 2. The van der Waals surface area contributed by atoms with Crippen LogP contribution in [0.25, 0.3) is 11.0 Å². The van der Waals surface area contributed by atoms with Crippen LogP contribution < -0.4 is 10.1 Å². The molecule has 2 aromatic carbocycles. The minimum atomic E-state index is -0.436. The molecule has 3 aromatic rings. The molecule has 140 valence electrons. The molecule has 0 fully saturated rings. The van der Waals surface area contributed by atoms with Gasteiger partial charge in [-0.25, -0.2) is 0 Å². The van der Waals surface area contributed by atoms with Crippen molar-refractivity contribution < 1.29 is 18.7 Å². The van der Waals surface area contributed by atoms with E-state index in [1.165, 1.54) is 19.1 Å². The number of ether oxygens (including phenoxy) is 1. The van der Waals surface area contributed by atoms with Gasteiger partial charge in [0.15, 0.2) is 17.1 Å². The Morgan fingerprint density at radius 3 is 2.48 bits per heavy atom. The molecule has 3 rings (SSSR count). The number of hydrogen-bond acceptors (Lipinski definition) is 4. The third-order valence-corrected chi connectivity index (χ3v) is 4.52. The largest absolute Gasteiger partial charge is 0.493 e. The summed E-state index contributed by atoms with van der Waals surface area (Å²) in [4.78, 5) is 26.1. The van der Waals surface area contributed by atoms with Crippen molar-refractivity contribution in [1.82, 2.24) is 4.90 Å². The van der Waals surface area contributed by atoms with Gasteiger partial charge in [0.25, 0.3) is 5.91 Å². The van der Waals surface area contributed by atoms with Gasteiger partial charge in [-0.3, -0.25) is 9.59 Å². The minimum absolute atomic E-state index is 0.112. The molecule has 0 unspecified atom stereocenters. The number of benzene rings is 2. The molecule has 0 atom stereocenters. The Morgan fingerprint density at radius 2 is 1.81 bits per heavy atom. The van der Waals surface area contributed by atoms with Gasteiger partial charge in [0.05, 0.1) is 29.4 Å². The van der Waals surface area contributed by atoms with Crippen molar-refractivity contribution in [2.75, 3.05) is 26.0 Å². The van der Waals surface area contributed by atoms with Crippen LogP contribution in [0.3, 0.4) is 0 Å². The summed E-state index contributed by atoms with van der Waals surface area (Å²) >= 11 is 12.1. The molecular weight excluding hydrogens is 391 g/mol. The molecule has 1 heterocycles. The van der Waals surface area contributed by atoms with E-state index in [1.807, 2.05) is 6.07 Å². The van der Waals surface area contributed by atoms with Crippen LogP contribution in [0, 0.1) is 0 Å². The molecule has 1 N–H and O–H groups in total. The van der Waals surface area contributed by atoms with E-state index < -0.39 is 11.8 Å². The number of furan rings is 1. The maximum atomic E-state index is 12.6. The third kappa shape index (κ3) is 4.02. The lowest BCUT2D eigenvalue weighted by molar-refractivity contribution is -0.116. The molecule has 1 aromatic heterocycles. The van der Waals surface area contributed by atoms with Crippen molar-refractivity contribution in [3.63, 3.8) is 0 Å². The fourth-order valence-electron chi connectivity index (χ4n) is 2.57. The van der Waals surface area contributed by atoms with Crippen molar-refractivity contribution in [2.24, 2.45) is 0 Å². The van der Waals surface area contributed by atoms with E-state index >= 15 is 0 Å². The molecule has 0 saturated carbocycles. The summed E-state index contributed by atoms with van der Waals surface area (Å²) in [5.41, 5.74) is 0.782. The zero-order valence-electron chi connectivity index (χ0n) is 14.6. The normalized spacial score (nSPS) is 10.7. The first-order valence-electron chi connectivity index (χ1n) is 7.96. The van der Waals surface area contributed by atoms with Crippen LogP contribution in [0.15, 0.2) is 46.9 Å². The van der Waals surface area contributed by atoms with E-state index in [0.29, 0.717) is 27.1 Å². The lowest BCUT2D eigenvalue weighted by atomic mass is 10.2. The van der Waals surface area contributed by atoms with Crippen LogP contribution in [0.4, 0.5) is 5.69 Å². The third-order valence-electron chi connectivity index (χ3n) is 3.89. The molecule has 0 radical (unpaired) electrons.